The van der Waals surface area contributed by atoms with E-state index in [1.807, 2.05) is 0 Å². The number of aliphatic hydroxyl groups excluding tert-OH is 1. The summed E-state index contributed by atoms with van der Waals surface area (Å²) in [5.41, 5.74) is 4.94. The van der Waals surface area contributed by atoms with Gasteiger partial charge in [0.1, 0.15) is 0 Å². The molecule has 0 heterocycles. The second-order valence-electron chi connectivity index (χ2n) is 5.15. The number of anilines is 2. The number of nitrogens with zero attached hydrogens (tertiary/aromatic N) is 1. The number of hydrogen-bond acceptors (Lipinski definition) is 3. The minimum Gasteiger partial charge on any atom is -0.399 e. The monoisotopic (exact) mass is 274 g/mol. The molecule has 0 spiro atoms. The Morgan fingerprint density at radius 2 is 2.00 bits per heavy atom. The van der Waals surface area contributed by atoms with Gasteiger partial charge < -0.3 is 15.7 Å². The summed E-state index contributed by atoms with van der Waals surface area (Å²) in [6, 6.07) is 3.82. The lowest BCUT2D eigenvalue weighted by atomic mass is 9.82. The highest BCUT2D eigenvalue weighted by Gasteiger charge is 2.35. The molecule has 1 fully saturated rings. The van der Waals surface area contributed by atoms with Crippen LogP contribution in [0.1, 0.15) is 18.4 Å². The molecule has 1 aromatic carbocycles. The van der Waals surface area contributed by atoms with E-state index in [0.29, 0.717) is 19.4 Å². The average molecular weight is 274 g/mol. The smallest absolute Gasteiger partial charge is 0.399 e. The van der Waals surface area contributed by atoms with Crippen LogP contribution in [-0.4, -0.2) is 24.8 Å². The molecule has 1 saturated carbocycles. The molecular formula is C13H17F3N2O. The van der Waals surface area contributed by atoms with Crippen LogP contribution in [0.3, 0.4) is 0 Å². The number of alkyl halides is 3. The molecule has 3 N–H and O–H groups in total. The van der Waals surface area contributed by atoms with Crippen molar-refractivity contribution in [2.24, 2.45) is 5.92 Å². The first-order valence-electron chi connectivity index (χ1n) is 6.13. The number of hydrogen-bond donors (Lipinski definition) is 2. The van der Waals surface area contributed by atoms with E-state index in [2.05, 4.69) is 0 Å². The Balaban J connectivity index is 2.18. The van der Waals surface area contributed by atoms with E-state index >= 15 is 0 Å². The van der Waals surface area contributed by atoms with Crippen LogP contribution in [0.4, 0.5) is 24.5 Å². The van der Waals surface area contributed by atoms with Crippen molar-refractivity contribution in [2.45, 2.75) is 25.1 Å². The molecule has 0 atom stereocenters. The molecule has 1 aromatic rings. The van der Waals surface area contributed by atoms with Crippen molar-refractivity contribution in [1.82, 2.24) is 0 Å². The van der Waals surface area contributed by atoms with Crippen LogP contribution in [0.2, 0.25) is 0 Å². The van der Waals surface area contributed by atoms with Crippen molar-refractivity contribution >= 4 is 11.4 Å². The summed E-state index contributed by atoms with van der Waals surface area (Å²) in [5, 5.41) is 9.21. The second-order valence-corrected chi connectivity index (χ2v) is 5.15. The summed E-state index contributed by atoms with van der Waals surface area (Å²) in [6.07, 6.45) is -3.41. The lowest BCUT2D eigenvalue weighted by Gasteiger charge is -2.36. The van der Waals surface area contributed by atoms with E-state index in [-0.39, 0.29) is 23.4 Å². The number of nitrogens with two attached hydrogens (primary N) is 1. The summed E-state index contributed by atoms with van der Waals surface area (Å²) in [7, 11) is 1.63. The highest BCUT2D eigenvalue weighted by molar-refractivity contribution is 5.60. The number of benzene rings is 1. The maximum absolute atomic E-state index is 13.0. The summed E-state index contributed by atoms with van der Waals surface area (Å²) < 4.78 is 38.9. The maximum atomic E-state index is 13.0. The summed E-state index contributed by atoms with van der Waals surface area (Å²) in [4.78, 5) is 1.58. The van der Waals surface area contributed by atoms with Gasteiger partial charge in [0.15, 0.2) is 0 Å². The molecule has 0 unspecified atom stereocenters. The van der Waals surface area contributed by atoms with Crippen LogP contribution in [0.25, 0.3) is 0 Å². The molecule has 19 heavy (non-hydrogen) atoms. The fraction of sp³-hybridized carbons (Fsp3) is 0.538. The lowest BCUT2D eigenvalue weighted by molar-refractivity contribution is -0.137. The first-order chi connectivity index (χ1) is 8.77. The number of rotatable bonds is 3. The molecule has 2 rings (SSSR count). The Bertz CT molecular complexity index is 456. The molecule has 1 aliphatic rings. The van der Waals surface area contributed by atoms with E-state index in [9.17, 15) is 18.3 Å². The molecule has 0 aliphatic heterocycles. The van der Waals surface area contributed by atoms with Gasteiger partial charge in [-0.2, -0.15) is 13.2 Å². The van der Waals surface area contributed by atoms with Gasteiger partial charge in [-0.05, 0) is 37.0 Å². The summed E-state index contributed by atoms with van der Waals surface area (Å²) >= 11 is 0. The average Bonchev–Trinajstić information content (AvgIpc) is 2.25. The van der Waals surface area contributed by atoms with Crippen molar-refractivity contribution in [3.8, 4) is 0 Å². The van der Waals surface area contributed by atoms with Crippen molar-refractivity contribution in [2.75, 3.05) is 24.2 Å². The number of nitrogen functional groups attached to an aromatic ring is 1. The Labute approximate surface area is 109 Å². The van der Waals surface area contributed by atoms with Gasteiger partial charge >= 0.3 is 6.18 Å². The maximum Gasteiger partial charge on any atom is 0.418 e. The highest BCUT2D eigenvalue weighted by atomic mass is 19.4. The van der Waals surface area contributed by atoms with Crippen molar-refractivity contribution in [1.29, 1.82) is 0 Å². The van der Waals surface area contributed by atoms with Gasteiger partial charge in [0.2, 0.25) is 0 Å². The topological polar surface area (TPSA) is 49.5 Å². The zero-order valence-corrected chi connectivity index (χ0v) is 10.6. The molecule has 0 radical (unpaired) electrons. The quantitative estimate of drug-likeness (QED) is 0.833. The van der Waals surface area contributed by atoms with E-state index < -0.39 is 11.7 Å². The zero-order valence-electron chi connectivity index (χ0n) is 10.6. The Morgan fingerprint density at radius 3 is 2.53 bits per heavy atom. The van der Waals surface area contributed by atoms with Crippen LogP contribution in [-0.2, 0) is 6.18 Å². The van der Waals surface area contributed by atoms with Gasteiger partial charge in [-0.25, -0.2) is 0 Å². The van der Waals surface area contributed by atoms with Gasteiger partial charge in [-0.15, -0.1) is 0 Å². The molecule has 0 saturated heterocycles. The Hall–Kier alpha value is -1.43. The van der Waals surface area contributed by atoms with Crippen molar-refractivity contribution in [3.05, 3.63) is 23.8 Å². The van der Waals surface area contributed by atoms with E-state index in [1.54, 1.807) is 11.9 Å². The first-order valence-corrected chi connectivity index (χ1v) is 6.13. The normalized spacial score (nSPS) is 23.0. The SMILES string of the molecule is CN(CC1CC(O)C1)c1ccc(N)cc1C(F)(F)F. The van der Waals surface area contributed by atoms with Gasteiger partial charge in [0.25, 0.3) is 0 Å². The third kappa shape index (κ3) is 3.12. The van der Waals surface area contributed by atoms with Crippen LogP contribution in [0.15, 0.2) is 18.2 Å². The standard InChI is InChI=1S/C13H17F3N2O/c1-18(7-8-4-10(19)5-8)12-3-2-9(17)6-11(12)13(14,15)16/h2-3,6,8,10,19H,4-5,7,17H2,1H3. The van der Waals surface area contributed by atoms with Crippen LogP contribution in [0, 0.1) is 5.92 Å². The number of halogens is 3. The predicted octanol–water partition coefficient (Wildman–Crippen LogP) is 2.49. The fourth-order valence-electron chi connectivity index (χ4n) is 2.45. The Kier molecular flexibility index (Phi) is 3.62. The largest absolute Gasteiger partial charge is 0.418 e. The minimum atomic E-state index is -4.42. The number of aliphatic hydroxyl groups is 1. The lowest BCUT2D eigenvalue weighted by Crippen LogP contribution is -2.37. The third-order valence-corrected chi connectivity index (χ3v) is 3.48. The molecule has 0 amide bonds. The van der Waals surface area contributed by atoms with Crippen LogP contribution < -0.4 is 10.6 Å². The summed E-state index contributed by atoms with van der Waals surface area (Å²) in [6.45, 7) is 0.504. The van der Waals surface area contributed by atoms with Gasteiger partial charge in [-0.1, -0.05) is 0 Å². The van der Waals surface area contributed by atoms with Crippen LogP contribution >= 0.6 is 0 Å². The molecular weight excluding hydrogens is 257 g/mol. The molecule has 3 nitrogen and oxygen atoms in total. The van der Waals surface area contributed by atoms with Gasteiger partial charge in [0.05, 0.1) is 11.7 Å². The molecule has 106 valence electrons. The molecule has 0 bridgehead atoms. The molecule has 0 aromatic heterocycles. The predicted molar refractivity (Wildman–Crippen MR) is 67.9 cm³/mol. The van der Waals surface area contributed by atoms with E-state index in [0.717, 1.165) is 6.07 Å². The van der Waals surface area contributed by atoms with Crippen molar-refractivity contribution < 1.29 is 18.3 Å². The van der Waals surface area contributed by atoms with Gasteiger partial charge in [-0.3, -0.25) is 0 Å². The van der Waals surface area contributed by atoms with E-state index in [4.69, 9.17) is 5.73 Å². The summed E-state index contributed by atoms with van der Waals surface area (Å²) in [5.74, 6) is 0.249. The van der Waals surface area contributed by atoms with Gasteiger partial charge in [0, 0.05) is 25.0 Å². The second kappa shape index (κ2) is 4.92. The Morgan fingerprint density at radius 1 is 1.37 bits per heavy atom. The zero-order chi connectivity index (χ0) is 14.2. The van der Waals surface area contributed by atoms with Crippen LogP contribution in [0.5, 0.6) is 0 Å². The molecule has 1 aliphatic carbocycles. The first kappa shape index (κ1) is 14.0. The highest BCUT2D eigenvalue weighted by Crippen LogP contribution is 2.38. The van der Waals surface area contributed by atoms with E-state index in [1.165, 1.54) is 12.1 Å². The fourth-order valence-corrected chi connectivity index (χ4v) is 2.45. The third-order valence-electron chi connectivity index (χ3n) is 3.48. The van der Waals surface area contributed by atoms with Crippen molar-refractivity contribution in [3.63, 3.8) is 0 Å². The minimum absolute atomic E-state index is 0.101. The molecule has 6 heteroatoms.